The summed E-state index contributed by atoms with van der Waals surface area (Å²) < 4.78 is 48.6. The highest BCUT2D eigenvalue weighted by Gasteiger charge is 2.30. The van der Waals surface area contributed by atoms with Gasteiger partial charge in [-0.15, -0.1) is 0 Å². The van der Waals surface area contributed by atoms with E-state index >= 15 is 0 Å². The number of likely N-dealkylation sites (tertiary alicyclic amines) is 1. The molecule has 1 atom stereocenters. The van der Waals surface area contributed by atoms with Crippen LogP contribution in [0.2, 0.25) is 0 Å². The Kier molecular flexibility index (Phi) is 6.01. The maximum absolute atomic E-state index is 12.7. The maximum Gasteiger partial charge on any atom is 0.416 e. The summed E-state index contributed by atoms with van der Waals surface area (Å²) in [5.41, 5.74) is -0.209. The Morgan fingerprint density at radius 1 is 1.39 bits per heavy atom. The van der Waals surface area contributed by atoms with Crippen LogP contribution in [-0.4, -0.2) is 43.7 Å². The zero-order valence-electron chi connectivity index (χ0n) is 12.9. The molecular weight excluding hydrogens is 311 g/mol. The lowest BCUT2D eigenvalue weighted by Crippen LogP contribution is -2.44. The number of carbonyl (C=O) groups is 1. The van der Waals surface area contributed by atoms with E-state index in [4.69, 9.17) is 9.47 Å². The molecule has 0 bridgehead atoms. The van der Waals surface area contributed by atoms with E-state index in [-0.39, 0.29) is 25.2 Å². The van der Waals surface area contributed by atoms with Crippen molar-refractivity contribution in [1.82, 2.24) is 4.90 Å². The summed E-state index contributed by atoms with van der Waals surface area (Å²) in [6.45, 7) is 1.23. The number of rotatable bonds is 5. The predicted molar refractivity (Wildman–Crippen MR) is 77.7 cm³/mol. The largest absolute Gasteiger partial charge is 0.416 e. The minimum atomic E-state index is -4.36. The highest BCUT2D eigenvalue weighted by molar-refractivity contribution is 5.77. The zero-order chi connectivity index (χ0) is 16.9. The second-order valence-electron chi connectivity index (χ2n) is 5.55. The fourth-order valence-corrected chi connectivity index (χ4v) is 2.57. The third-order valence-electron chi connectivity index (χ3n) is 3.74. The predicted octanol–water partition coefficient (Wildman–Crippen LogP) is 2.86. The lowest BCUT2D eigenvalue weighted by Gasteiger charge is -2.32. The van der Waals surface area contributed by atoms with Gasteiger partial charge in [0.15, 0.2) is 0 Å². The molecule has 1 aliphatic heterocycles. The molecule has 1 aromatic rings. The highest BCUT2D eigenvalue weighted by atomic mass is 19.4. The van der Waals surface area contributed by atoms with Crippen LogP contribution in [0.1, 0.15) is 24.0 Å². The van der Waals surface area contributed by atoms with Gasteiger partial charge in [-0.2, -0.15) is 13.2 Å². The third-order valence-corrected chi connectivity index (χ3v) is 3.74. The first-order chi connectivity index (χ1) is 10.9. The van der Waals surface area contributed by atoms with Crippen molar-refractivity contribution in [2.45, 2.75) is 31.7 Å². The monoisotopic (exact) mass is 331 g/mol. The average Bonchev–Trinajstić information content (AvgIpc) is 2.53. The van der Waals surface area contributed by atoms with E-state index in [0.717, 1.165) is 25.0 Å². The van der Waals surface area contributed by atoms with Crippen molar-refractivity contribution in [3.05, 3.63) is 35.4 Å². The fourth-order valence-electron chi connectivity index (χ4n) is 2.57. The van der Waals surface area contributed by atoms with Crippen molar-refractivity contribution in [2.75, 3.05) is 26.8 Å². The molecule has 0 N–H and O–H groups in total. The molecule has 1 saturated heterocycles. The van der Waals surface area contributed by atoms with Crippen LogP contribution in [-0.2, 0) is 27.1 Å². The molecule has 4 nitrogen and oxygen atoms in total. The minimum absolute atomic E-state index is 0.0281. The van der Waals surface area contributed by atoms with Crippen LogP contribution in [0.4, 0.5) is 13.2 Å². The first kappa shape index (κ1) is 17.7. The van der Waals surface area contributed by atoms with Gasteiger partial charge in [-0.05, 0) is 30.5 Å². The van der Waals surface area contributed by atoms with Gasteiger partial charge in [-0.25, -0.2) is 0 Å². The van der Waals surface area contributed by atoms with Gasteiger partial charge in [0, 0.05) is 20.2 Å². The number of benzene rings is 1. The molecule has 2 rings (SSSR count). The molecule has 0 aromatic heterocycles. The number of ether oxygens (including phenoxy) is 2. The maximum atomic E-state index is 12.7. The summed E-state index contributed by atoms with van der Waals surface area (Å²) in [5.74, 6) is -0.0973. The molecule has 128 valence electrons. The van der Waals surface area contributed by atoms with Gasteiger partial charge in [0.2, 0.25) is 5.91 Å². The second-order valence-corrected chi connectivity index (χ2v) is 5.55. The summed E-state index contributed by atoms with van der Waals surface area (Å²) in [7, 11) is 1.46. The number of hydrogen-bond donors (Lipinski definition) is 0. The van der Waals surface area contributed by atoms with Crippen LogP contribution < -0.4 is 0 Å². The van der Waals surface area contributed by atoms with Crippen molar-refractivity contribution in [1.29, 1.82) is 0 Å². The molecule has 1 amide bonds. The fraction of sp³-hybridized carbons (Fsp3) is 0.562. The Balaban J connectivity index is 1.89. The smallest absolute Gasteiger partial charge is 0.375 e. The van der Waals surface area contributed by atoms with E-state index < -0.39 is 11.7 Å². The van der Waals surface area contributed by atoms with Gasteiger partial charge in [0.25, 0.3) is 0 Å². The molecule has 23 heavy (non-hydrogen) atoms. The number of amides is 1. The number of nitrogens with zero attached hydrogens (tertiary/aromatic N) is 1. The molecule has 1 aromatic carbocycles. The summed E-state index contributed by atoms with van der Waals surface area (Å²) in [6, 6.07) is 5.11. The van der Waals surface area contributed by atoms with Crippen LogP contribution in [0.3, 0.4) is 0 Å². The normalized spacial score (nSPS) is 19.0. The van der Waals surface area contributed by atoms with Crippen LogP contribution in [0.5, 0.6) is 0 Å². The molecule has 0 radical (unpaired) electrons. The zero-order valence-corrected chi connectivity index (χ0v) is 12.9. The number of alkyl halides is 3. The Labute approximate surface area is 133 Å². The standard InChI is InChI=1S/C16H20F3NO3/c1-22-11-15(21)20-7-3-6-14(9-20)23-10-12-4-2-5-13(8-12)16(17,18)19/h2,4-5,8,14H,3,6-7,9-11H2,1H3. The number of piperidine rings is 1. The molecule has 1 unspecified atom stereocenters. The molecule has 1 fully saturated rings. The van der Waals surface area contributed by atoms with E-state index in [1.165, 1.54) is 13.2 Å². The Morgan fingerprint density at radius 2 is 2.17 bits per heavy atom. The van der Waals surface area contributed by atoms with Gasteiger partial charge in [0.1, 0.15) is 6.61 Å². The number of methoxy groups -OCH3 is 1. The van der Waals surface area contributed by atoms with Gasteiger partial charge in [-0.1, -0.05) is 12.1 Å². The molecule has 0 saturated carbocycles. The summed E-state index contributed by atoms with van der Waals surface area (Å²) in [6.07, 6.45) is -2.93. The molecular formula is C16H20F3NO3. The van der Waals surface area contributed by atoms with Crippen LogP contribution in [0.25, 0.3) is 0 Å². The topological polar surface area (TPSA) is 38.8 Å². The Bertz CT molecular complexity index is 534. The Morgan fingerprint density at radius 3 is 2.87 bits per heavy atom. The van der Waals surface area contributed by atoms with Crippen LogP contribution in [0.15, 0.2) is 24.3 Å². The van der Waals surface area contributed by atoms with Gasteiger partial charge in [0.05, 0.1) is 18.3 Å². The van der Waals surface area contributed by atoms with Crippen LogP contribution in [0, 0.1) is 0 Å². The van der Waals surface area contributed by atoms with Crippen molar-refractivity contribution >= 4 is 5.91 Å². The number of halogens is 3. The second kappa shape index (κ2) is 7.79. The molecule has 7 heteroatoms. The number of carbonyl (C=O) groups excluding carboxylic acids is 1. The minimum Gasteiger partial charge on any atom is -0.375 e. The van der Waals surface area contributed by atoms with Crippen LogP contribution >= 0.6 is 0 Å². The van der Waals surface area contributed by atoms with Gasteiger partial charge in [-0.3, -0.25) is 4.79 Å². The third kappa shape index (κ3) is 5.21. The lowest BCUT2D eigenvalue weighted by atomic mass is 10.1. The van der Waals surface area contributed by atoms with Crippen molar-refractivity contribution < 1.29 is 27.4 Å². The molecule has 1 aliphatic rings. The summed E-state index contributed by atoms with van der Waals surface area (Å²) >= 11 is 0. The van der Waals surface area contributed by atoms with Crippen molar-refractivity contribution in [2.24, 2.45) is 0 Å². The van der Waals surface area contributed by atoms with Crippen molar-refractivity contribution in [3.8, 4) is 0 Å². The molecule has 0 spiro atoms. The summed E-state index contributed by atoms with van der Waals surface area (Å²) in [5, 5.41) is 0. The Hall–Kier alpha value is -1.60. The van der Waals surface area contributed by atoms with Gasteiger partial charge < -0.3 is 14.4 Å². The highest BCUT2D eigenvalue weighted by Crippen LogP contribution is 2.29. The number of hydrogen-bond acceptors (Lipinski definition) is 3. The van der Waals surface area contributed by atoms with E-state index in [9.17, 15) is 18.0 Å². The lowest BCUT2D eigenvalue weighted by molar-refractivity contribution is -0.140. The first-order valence-corrected chi connectivity index (χ1v) is 7.44. The molecule has 0 aliphatic carbocycles. The van der Waals surface area contributed by atoms with E-state index in [1.807, 2.05) is 0 Å². The van der Waals surface area contributed by atoms with E-state index in [1.54, 1.807) is 11.0 Å². The quantitative estimate of drug-likeness (QED) is 0.833. The molecule has 1 heterocycles. The first-order valence-electron chi connectivity index (χ1n) is 7.44. The van der Waals surface area contributed by atoms with E-state index in [0.29, 0.717) is 18.7 Å². The summed E-state index contributed by atoms with van der Waals surface area (Å²) in [4.78, 5) is 13.5. The SMILES string of the molecule is COCC(=O)N1CCCC(OCc2cccc(C(F)(F)F)c2)C1. The van der Waals surface area contributed by atoms with Gasteiger partial charge >= 0.3 is 6.18 Å². The average molecular weight is 331 g/mol. The van der Waals surface area contributed by atoms with E-state index in [2.05, 4.69) is 0 Å². The van der Waals surface area contributed by atoms with Crippen molar-refractivity contribution in [3.63, 3.8) is 0 Å².